The van der Waals surface area contributed by atoms with Crippen LogP contribution >= 0.6 is 0 Å². The SMILES string of the molecule is C=C(C)CC(NCCC)C(OC)OC. The Morgan fingerprint density at radius 1 is 1.36 bits per heavy atom. The van der Waals surface area contributed by atoms with Crippen LogP contribution in [0.4, 0.5) is 0 Å². The van der Waals surface area contributed by atoms with Crippen LogP contribution in [0.3, 0.4) is 0 Å². The lowest BCUT2D eigenvalue weighted by Crippen LogP contribution is -2.42. The van der Waals surface area contributed by atoms with Crippen molar-refractivity contribution in [2.75, 3.05) is 20.8 Å². The molecule has 0 saturated carbocycles. The normalized spacial score (nSPS) is 13.2. The van der Waals surface area contributed by atoms with Gasteiger partial charge in [0.1, 0.15) is 0 Å². The van der Waals surface area contributed by atoms with Gasteiger partial charge in [0.15, 0.2) is 6.29 Å². The van der Waals surface area contributed by atoms with E-state index in [1.165, 1.54) is 0 Å². The van der Waals surface area contributed by atoms with Crippen LogP contribution in [0.2, 0.25) is 0 Å². The minimum absolute atomic E-state index is 0.196. The summed E-state index contributed by atoms with van der Waals surface area (Å²) in [4.78, 5) is 0. The molecule has 84 valence electrons. The van der Waals surface area contributed by atoms with Crippen molar-refractivity contribution in [3.8, 4) is 0 Å². The lowest BCUT2D eigenvalue weighted by molar-refractivity contribution is -0.122. The number of methoxy groups -OCH3 is 2. The fraction of sp³-hybridized carbons (Fsp3) is 0.818. The molecule has 1 unspecified atom stereocenters. The van der Waals surface area contributed by atoms with Crippen LogP contribution in [-0.2, 0) is 9.47 Å². The monoisotopic (exact) mass is 201 g/mol. The van der Waals surface area contributed by atoms with Crippen LogP contribution in [0.15, 0.2) is 12.2 Å². The van der Waals surface area contributed by atoms with Crippen LogP contribution in [0.25, 0.3) is 0 Å². The summed E-state index contributed by atoms with van der Waals surface area (Å²) in [5.74, 6) is 0. The molecule has 0 aliphatic heterocycles. The highest BCUT2D eigenvalue weighted by atomic mass is 16.7. The molecule has 0 aliphatic rings. The summed E-state index contributed by atoms with van der Waals surface area (Å²) in [6.45, 7) is 9.03. The first kappa shape index (κ1) is 13.6. The Morgan fingerprint density at radius 3 is 2.29 bits per heavy atom. The maximum atomic E-state index is 5.23. The van der Waals surface area contributed by atoms with Gasteiger partial charge < -0.3 is 14.8 Å². The molecular weight excluding hydrogens is 178 g/mol. The van der Waals surface area contributed by atoms with E-state index in [1.54, 1.807) is 14.2 Å². The van der Waals surface area contributed by atoms with Crippen molar-refractivity contribution in [1.29, 1.82) is 0 Å². The fourth-order valence-corrected chi connectivity index (χ4v) is 1.39. The van der Waals surface area contributed by atoms with Gasteiger partial charge >= 0.3 is 0 Å². The quantitative estimate of drug-likeness (QED) is 0.481. The Balaban J connectivity index is 4.12. The Labute approximate surface area is 87.5 Å². The average Bonchev–Trinajstić information content (AvgIpc) is 2.15. The highest BCUT2D eigenvalue weighted by Gasteiger charge is 2.19. The van der Waals surface area contributed by atoms with Gasteiger partial charge in [0, 0.05) is 14.2 Å². The summed E-state index contributed by atoms with van der Waals surface area (Å²) in [5, 5.41) is 3.39. The second-order valence-electron chi connectivity index (χ2n) is 3.56. The summed E-state index contributed by atoms with van der Waals surface area (Å²) >= 11 is 0. The molecule has 3 nitrogen and oxygen atoms in total. The van der Waals surface area contributed by atoms with Crippen LogP contribution in [0, 0.1) is 0 Å². The minimum atomic E-state index is -0.196. The van der Waals surface area contributed by atoms with Crippen LogP contribution in [-0.4, -0.2) is 33.1 Å². The van der Waals surface area contributed by atoms with Crippen molar-refractivity contribution in [2.45, 2.75) is 39.0 Å². The van der Waals surface area contributed by atoms with Gasteiger partial charge in [-0.1, -0.05) is 12.5 Å². The summed E-state index contributed by atoms with van der Waals surface area (Å²) in [5.41, 5.74) is 1.14. The maximum Gasteiger partial charge on any atom is 0.172 e. The lowest BCUT2D eigenvalue weighted by Gasteiger charge is -2.25. The predicted molar refractivity (Wildman–Crippen MR) is 59.3 cm³/mol. The Hall–Kier alpha value is -0.380. The molecule has 1 atom stereocenters. The van der Waals surface area contributed by atoms with Crippen LogP contribution in [0.1, 0.15) is 26.7 Å². The second kappa shape index (κ2) is 7.97. The molecule has 0 radical (unpaired) electrons. The molecule has 14 heavy (non-hydrogen) atoms. The first-order chi connectivity index (χ1) is 6.65. The molecule has 0 spiro atoms. The van der Waals surface area contributed by atoms with Gasteiger partial charge in [0.05, 0.1) is 6.04 Å². The Morgan fingerprint density at radius 2 is 1.93 bits per heavy atom. The predicted octanol–water partition coefficient (Wildman–Crippen LogP) is 1.94. The molecule has 0 saturated heterocycles. The number of hydrogen-bond acceptors (Lipinski definition) is 3. The largest absolute Gasteiger partial charge is 0.354 e. The number of hydrogen-bond donors (Lipinski definition) is 1. The van der Waals surface area contributed by atoms with Crippen LogP contribution in [0.5, 0.6) is 0 Å². The topological polar surface area (TPSA) is 30.5 Å². The molecule has 0 aromatic heterocycles. The van der Waals surface area contributed by atoms with Gasteiger partial charge in [-0.25, -0.2) is 0 Å². The highest BCUT2D eigenvalue weighted by Crippen LogP contribution is 2.09. The molecule has 0 aliphatic carbocycles. The summed E-state index contributed by atoms with van der Waals surface area (Å²) < 4.78 is 10.5. The highest BCUT2D eigenvalue weighted by molar-refractivity contribution is 4.94. The van der Waals surface area contributed by atoms with E-state index in [1.807, 2.05) is 6.92 Å². The standard InChI is InChI=1S/C11H23NO2/c1-6-7-12-10(8-9(2)3)11(13-4)14-5/h10-12H,2,6-8H2,1,3-5H3. The van der Waals surface area contributed by atoms with Gasteiger partial charge in [-0.05, 0) is 26.3 Å². The molecule has 0 amide bonds. The third kappa shape index (κ3) is 5.37. The van der Waals surface area contributed by atoms with Gasteiger partial charge in [0.25, 0.3) is 0 Å². The molecule has 3 heteroatoms. The Kier molecular flexibility index (Phi) is 7.76. The van der Waals surface area contributed by atoms with Crippen molar-refractivity contribution in [2.24, 2.45) is 0 Å². The van der Waals surface area contributed by atoms with E-state index in [2.05, 4.69) is 18.8 Å². The molecule has 1 N–H and O–H groups in total. The second-order valence-corrected chi connectivity index (χ2v) is 3.56. The zero-order chi connectivity index (χ0) is 11.0. The summed E-state index contributed by atoms with van der Waals surface area (Å²) in [6, 6.07) is 0.197. The van der Waals surface area contributed by atoms with Crippen molar-refractivity contribution < 1.29 is 9.47 Å². The maximum absolute atomic E-state index is 5.23. The molecule has 0 aromatic carbocycles. The van der Waals surface area contributed by atoms with Crippen molar-refractivity contribution in [3.63, 3.8) is 0 Å². The van der Waals surface area contributed by atoms with E-state index in [9.17, 15) is 0 Å². The first-order valence-electron chi connectivity index (χ1n) is 5.09. The van der Waals surface area contributed by atoms with Gasteiger partial charge in [-0.2, -0.15) is 0 Å². The van der Waals surface area contributed by atoms with Crippen molar-refractivity contribution in [1.82, 2.24) is 5.32 Å². The number of ether oxygens (including phenoxy) is 2. The summed E-state index contributed by atoms with van der Waals surface area (Å²) in [6.07, 6.45) is 1.79. The lowest BCUT2D eigenvalue weighted by atomic mass is 10.1. The van der Waals surface area contributed by atoms with Gasteiger partial charge in [-0.15, -0.1) is 6.58 Å². The molecule has 0 fully saturated rings. The van der Waals surface area contributed by atoms with Crippen molar-refractivity contribution in [3.05, 3.63) is 12.2 Å². The number of nitrogens with one attached hydrogen (secondary N) is 1. The van der Waals surface area contributed by atoms with E-state index in [4.69, 9.17) is 9.47 Å². The molecule has 0 bridgehead atoms. The van der Waals surface area contributed by atoms with E-state index in [0.717, 1.165) is 25.0 Å². The Bertz CT molecular complexity index is 155. The zero-order valence-corrected chi connectivity index (χ0v) is 9.80. The van der Waals surface area contributed by atoms with Gasteiger partial charge in [-0.3, -0.25) is 0 Å². The average molecular weight is 201 g/mol. The van der Waals surface area contributed by atoms with E-state index in [-0.39, 0.29) is 12.3 Å². The number of rotatable bonds is 8. The first-order valence-corrected chi connectivity index (χ1v) is 5.09. The van der Waals surface area contributed by atoms with Crippen LogP contribution < -0.4 is 5.32 Å². The summed E-state index contributed by atoms with van der Waals surface area (Å²) in [7, 11) is 3.32. The third-order valence-electron chi connectivity index (χ3n) is 2.02. The van der Waals surface area contributed by atoms with Gasteiger partial charge in [0.2, 0.25) is 0 Å². The molecule has 0 aromatic rings. The molecule has 0 rings (SSSR count). The third-order valence-corrected chi connectivity index (χ3v) is 2.02. The fourth-order valence-electron chi connectivity index (χ4n) is 1.39. The van der Waals surface area contributed by atoms with Crippen molar-refractivity contribution >= 4 is 0 Å². The molecule has 0 heterocycles. The van der Waals surface area contributed by atoms with E-state index >= 15 is 0 Å². The minimum Gasteiger partial charge on any atom is -0.354 e. The molecular formula is C11H23NO2. The zero-order valence-electron chi connectivity index (χ0n) is 9.80. The van der Waals surface area contributed by atoms with E-state index in [0.29, 0.717) is 0 Å². The van der Waals surface area contributed by atoms with E-state index < -0.39 is 0 Å². The smallest absolute Gasteiger partial charge is 0.172 e.